The van der Waals surface area contributed by atoms with Crippen LogP contribution in [0.3, 0.4) is 0 Å². The first kappa shape index (κ1) is 19.2. The molecule has 0 bridgehead atoms. The molecule has 0 aliphatic rings. The third-order valence-electron chi connectivity index (χ3n) is 3.86. The van der Waals surface area contributed by atoms with Gasteiger partial charge in [0.1, 0.15) is 5.82 Å². The van der Waals surface area contributed by atoms with Crippen LogP contribution in [0, 0.1) is 5.82 Å². The summed E-state index contributed by atoms with van der Waals surface area (Å²) >= 11 is 0. The number of halogens is 4. The average molecular weight is 391 g/mol. The molecule has 2 amide bonds. The fourth-order valence-corrected chi connectivity index (χ4v) is 2.43. The zero-order valence-electron chi connectivity index (χ0n) is 14.1. The molecule has 0 saturated heterocycles. The second-order valence-electron chi connectivity index (χ2n) is 5.74. The van der Waals surface area contributed by atoms with Crippen LogP contribution in [0.15, 0.2) is 67.0 Å². The molecule has 0 fully saturated rings. The number of amides is 2. The third-order valence-corrected chi connectivity index (χ3v) is 3.86. The Bertz CT molecular complexity index is 997. The van der Waals surface area contributed by atoms with Gasteiger partial charge in [0.2, 0.25) is 0 Å². The summed E-state index contributed by atoms with van der Waals surface area (Å²) in [7, 11) is 0. The zero-order chi connectivity index (χ0) is 20.3. The van der Waals surface area contributed by atoms with Crippen molar-refractivity contribution in [3.8, 4) is 5.69 Å². The van der Waals surface area contributed by atoms with E-state index in [1.165, 1.54) is 12.1 Å². The lowest BCUT2D eigenvalue weighted by Crippen LogP contribution is -2.41. The maximum atomic E-state index is 13.3. The van der Waals surface area contributed by atoms with Crippen molar-refractivity contribution in [3.05, 3.63) is 89.5 Å². The van der Waals surface area contributed by atoms with Gasteiger partial charge < -0.3 is 4.57 Å². The summed E-state index contributed by atoms with van der Waals surface area (Å²) in [6.07, 6.45) is -1.29. The topological polar surface area (TPSA) is 63.1 Å². The van der Waals surface area contributed by atoms with E-state index in [-0.39, 0.29) is 5.56 Å². The van der Waals surface area contributed by atoms with Crippen molar-refractivity contribution in [3.63, 3.8) is 0 Å². The fourth-order valence-electron chi connectivity index (χ4n) is 2.43. The van der Waals surface area contributed by atoms with Crippen LogP contribution < -0.4 is 10.9 Å². The van der Waals surface area contributed by atoms with Gasteiger partial charge in [0.05, 0.1) is 5.56 Å². The van der Waals surface area contributed by atoms with Gasteiger partial charge in [0, 0.05) is 29.2 Å². The van der Waals surface area contributed by atoms with Gasteiger partial charge in [0.15, 0.2) is 0 Å². The Morgan fingerprint density at radius 1 is 0.821 bits per heavy atom. The minimum Gasteiger partial charge on any atom is -0.324 e. The first-order valence-corrected chi connectivity index (χ1v) is 7.96. The monoisotopic (exact) mass is 391 g/mol. The summed E-state index contributed by atoms with van der Waals surface area (Å²) in [5, 5.41) is 0. The lowest BCUT2D eigenvalue weighted by atomic mass is 10.1. The van der Waals surface area contributed by atoms with Crippen molar-refractivity contribution in [1.82, 2.24) is 15.4 Å². The predicted octanol–water partition coefficient (Wildman–Crippen LogP) is 3.71. The van der Waals surface area contributed by atoms with Crippen molar-refractivity contribution in [1.29, 1.82) is 0 Å². The molecular formula is C19H13F4N3O2. The molecule has 2 aromatic carbocycles. The highest BCUT2D eigenvalue weighted by molar-refractivity contribution is 5.99. The summed E-state index contributed by atoms with van der Waals surface area (Å²) < 4.78 is 53.3. The lowest BCUT2D eigenvalue weighted by Gasteiger charge is -2.11. The van der Waals surface area contributed by atoms with Crippen LogP contribution in [-0.4, -0.2) is 16.4 Å². The van der Waals surface area contributed by atoms with Crippen LogP contribution in [0.25, 0.3) is 5.69 Å². The van der Waals surface area contributed by atoms with Crippen LogP contribution in [0.1, 0.15) is 26.3 Å². The highest BCUT2D eigenvalue weighted by atomic mass is 19.4. The Morgan fingerprint density at radius 2 is 1.36 bits per heavy atom. The highest BCUT2D eigenvalue weighted by Crippen LogP contribution is 2.31. The Labute approximate surface area is 156 Å². The SMILES string of the molecule is O=C(NNC(=O)c1ccc(F)c(C(F)(F)F)c1)c1ccc(-n2cccc2)cc1. The Balaban J connectivity index is 1.65. The molecule has 144 valence electrons. The number of carbonyl (C=O) groups excluding carboxylic acids is 2. The molecule has 0 saturated carbocycles. The summed E-state index contributed by atoms with van der Waals surface area (Å²) in [5.41, 5.74) is 3.14. The van der Waals surface area contributed by atoms with E-state index in [0.717, 1.165) is 11.8 Å². The minimum atomic E-state index is -4.94. The van der Waals surface area contributed by atoms with Gasteiger partial charge in [-0.3, -0.25) is 20.4 Å². The number of carbonyl (C=O) groups is 2. The number of hydrogen-bond donors (Lipinski definition) is 2. The summed E-state index contributed by atoms with van der Waals surface area (Å²) in [5.74, 6) is -3.16. The number of rotatable bonds is 3. The number of aromatic nitrogens is 1. The van der Waals surface area contributed by atoms with E-state index in [1.54, 1.807) is 12.1 Å². The molecule has 1 heterocycles. The lowest BCUT2D eigenvalue weighted by molar-refractivity contribution is -0.140. The molecule has 0 radical (unpaired) electrons. The van der Waals surface area contributed by atoms with E-state index in [1.807, 2.05) is 34.5 Å². The van der Waals surface area contributed by atoms with E-state index < -0.39 is 34.9 Å². The summed E-state index contributed by atoms with van der Waals surface area (Å²) in [6.45, 7) is 0. The van der Waals surface area contributed by atoms with Gasteiger partial charge in [0.25, 0.3) is 11.8 Å². The maximum Gasteiger partial charge on any atom is 0.419 e. The number of nitrogens with one attached hydrogen (secondary N) is 2. The van der Waals surface area contributed by atoms with Gasteiger partial charge in [-0.15, -0.1) is 0 Å². The second kappa shape index (κ2) is 7.55. The number of hydrogen-bond acceptors (Lipinski definition) is 2. The fraction of sp³-hybridized carbons (Fsp3) is 0.0526. The van der Waals surface area contributed by atoms with Crippen molar-refractivity contribution < 1.29 is 27.2 Å². The van der Waals surface area contributed by atoms with Crippen LogP contribution in [0.2, 0.25) is 0 Å². The smallest absolute Gasteiger partial charge is 0.324 e. The van der Waals surface area contributed by atoms with Crippen LogP contribution in [0.5, 0.6) is 0 Å². The molecule has 0 spiro atoms. The largest absolute Gasteiger partial charge is 0.419 e. The molecule has 0 unspecified atom stereocenters. The van der Waals surface area contributed by atoms with Gasteiger partial charge in [-0.25, -0.2) is 4.39 Å². The second-order valence-corrected chi connectivity index (χ2v) is 5.74. The van der Waals surface area contributed by atoms with E-state index in [9.17, 15) is 27.2 Å². The molecule has 0 aliphatic heterocycles. The Morgan fingerprint density at radius 3 is 1.93 bits per heavy atom. The molecule has 3 rings (SSSR count). The number of benzene rings is 2. The van der Waals surface area contributed by atoms with E-state index in [0.29, 0.717) is 12.1 Å². The molecule has 3 aromatic rings. The summed E-state index contributed by atoms with van der Waals surface area (Å²) in [6, 6.07) is 11.9. The summed E-state index contributed by atoms with van der Waals surface area (Å²) in [4.78, 5) is 24.0. The van der Waals surface area contributed by atoms with Gasteiger partial charge in [-0.05, 0) is 54.6 Å². The molecule has 5 nitrogen and oxygen atoms in total. The molecule has 28 heavy (non-hydrogen) atoms. The first-order valence-electron chi connectivity index (χ1n) is 7.96. The molecule has 9 heteroatoms. The standard InChI is InChI=1S/C19H13F4N3O2/c20-16-8-5-13(11-15(16)19(21,22)23)18(28)25-24-17(27)12-3-6-14(7-4-12)26-9-1-2-10-26/h1-11H,(H,24,27)(H,25,28). The van der Waals surface area contributed by atoms with E-state index >= 15 is 0 Å². The highest BCUT2D eigenvalue weighted by Gasteiger charge is 2.34. The number of hydrazine groups is 1. The zero-order valence-corrected chi connectivity index (χ0v) is 14.1. The Hall–Kier alpha value is -3.62. The van der Waals surface area contributed by atoms with E-state index in [2.05, 4.69) is 5.43 Å². The molecule has 0 aliphatic carbocycles. The normalized spacial score (nSPS) is 11.1. The average Bonchev–Trinajstić information content (AvgIpc) is 3.20. The van der Waals surface area contributed by atoms with Gasteiger partial charge in [-0.1, -0.05) is 0 Å². The molecule has 2 N–H and O–H groups in total. The molecule has 1 aromatic heterocycles. The van der Waals surface area contributed by atoms with Gasteiger partial charge >= 0.3 is 6.18 Å². The van der Waals surface area contributed by atoms with Crippen molar-refractivity contribution >= 4 is 11.8 Å². The van der Waals surface area contributed by atoms with Gasteiger partial charge in [-0.2, -0.15) is 13.2 Å². The number of alkyl halides is 3. The molecular weight excluding hydrogens is 378 g/mol. The van der Waals surface area contributed by atoms with Crippen LogP contribution >= 0.6 is 0 Å². The Kier molecular flexibility index (Phi) is 5.16. The maximum absolute atomic E-state index is 13.3. The predicted molar refractivity (Wildman–Crippen MR) is 92.1 cm³/mol. The van der Waals surface area contributed by atoms with Crippen molar-refractivity contribution in [2.45, 2.75) is 6.18 Å². The quantitative estimate of drug-likeness (QED) is 0.528. The van der Waals surface area contributed by atoms with Crippen LogP contribution in [0.4, 0.5) is 17.6 Å². The van der Waals surface area contributed by atoms with Crippen LogP contribution in [-0.2, 0) is 6.18 Å². The van der Waals surface area contributed by atoms with Crippen molar-refractivity contribution in [2.75, 3.05) is 0 Å². The minimum absolute atomic E-state index is 0.228. The number of nitrogens with zero attached hydrogens (tertiary/aromatic N) is 1. The first-order chi connectivity index (χ1) is 13.3. The van der Waals surface area contributed by atoms with E-state index in [4.69, 9.17) is 0 Å². The van der Waals surface area contributed by atoms with Crippen molar-refractivity contribution in [2.24, 2.45) is 0 Å². The third kappa shape index (κ3) is 4.20. The molecule has 0 atom stereocenters.